The van der Waals surface area contributed by atoms with Crippen molar-refractivity contribution in [3.05, 3.63) is 29.6 Å². The van der Waals surface area contributed by atoms with Crippen LogP contribution in [0.5, 0.6) is 5.75 Å². The summed E-state index contributed by atoms with van der Waals surface area (Å²) in [6, 6.07) is 4.92. The summed E-state index contributed by atoms with van der Waals surface area (Å²) in [6.45, 7) is 7.76. The van der Waals surface area contributed by atoms with E-state index < -0.39 is 0 Å². The Bertz CT molecular complexity index is 341. The number of aryl methyl sites for hydroxylation is 1. The maximum absolute atomic E-state index is 13.4. The predicted molar refractivity (Wildman–Crippen MR) is 69.0 cm³/mol. The number of unbranched alkanes of at least 4 members (excludes halogenated alkanes) is 1. The van der Waals surface area contributed by atoms with Crippen LogP contribution >= 0.6 is 0 Å². The van der Waals surface area contributed by atoms with Gasteiger partial charge in [-0.2, -0.15) is 0 Å². The highest BCUT2D eigenvalue weighted by Gasteiger charge is 2.08. The molecule has 1 atom stereocenters. The summed E-state index contributed by atoms with van der Waals surface area (Å²) in [5.74, 6) is 0.0470. The number of hydrogen-bond donors (Lipinski definition) is 1. The highest BCUT2D eigenvalue weighted by molar-refractivity contribution is 5.29. The van der Waals surface area contributed by atoms with Crippen LogP contribution in [0, 0.1) is 12.7 Å². The summed E-state index contributed by atoms with van der Waals surface area (Å²) in [6.07, 6.45) is 2.31. The Labute approximate surface area is 103 Å². The molecule has 0 saturated carbocycles. The zero-order valence-electron chi connectivity index (χ0n) is 10.9. The molecule has 17 heavy (non-hydrogen) atoms. The lowest BCUT2D eigenvalue weighted by atomic mass is 10.2. The van der Waals surface area contributed by atoms with Gasteiger partial charge in [0.05, 0.1) is 0 Å². The number of ether oxygens (including phenoxy) is 1. The minimum absolute atomic E-state index is 0.0249. The molecule has 0 aliphatic rings. The summed E-state index contributed by atoms with van der Waals surface area (Å²) >= 11 is 0. The van der Waals surface area contributed by atoms with Crippen LogP contribution in [0.15, 0.2) is 18.2 Å². The van der Waals surface area contributed by atoms with Crippen LogP contribution in [0.1, 0.15) is 32.3 Å². The smallest absolute Gasteiger partial charge is 0.165 e. The Morgan fingerprint density at radius 1 is 1.41 bits per heavy atom. The van der Waals surface area contributed by atoms with E-state index in [1.807, 2.05) is 13.8 Å². The molecule has 0 aromatic heterocycles. The van der Waals surface area contributed by atoms with Gasteiger partial charge < -0.3 is 10.1 Å². The summed E-state index contributed by atoms with van der Waals surface area (Å²) in [4.78, 5) is 0. The Kier molecular flexibility index (Phi) is 5.98. The number of halogens is 1. The quantitative estimate of drug-likeness (QED) is 0.737. The zero-order valence-corrected chi connectivity index (χ0v) is 10.9. The predicted octanol–water partition coefficient (Wildman–Crippen LogP) is 3.29. The van der Waals surface area contributed by atoms with Gasteiger partial charge in [-0.25, -0.2) is 4.39 Å². The van der Waals surface area contributed by atoms with Gasteiger partial charge in [0.2, 0.25) is 0 Å². The maximum Gasteiger partial charge on any atom is 0.165 e. The Hall–Kier alpha value is -1.09. The lowest BCUT2D eigenvalue weighted by Crippen LogP contribution is -2.29. The Morgan fingerprint density at radius 3 is 2.88 bits per heavy atom. The van der Waals surface area contributed by atoms with Crippen molar-refractivity contribution in [1.29, 1.82) is 0 Å². The van der Waals surface area contributed by atoms with Gasteiger partial charge in [0.1, 0.15) is 6.10 Å². The van der Waals surface area contributed by atoms with Crippen molar-refractivity contribution in [2.75, 3.05) is 13.1 Å². The standard InChI is InChI=1S/C14H22FNO/c1-4-5-8-16-10-12(3)17-14-9-11(2)6-7-13(14)15/h6-7,9,12,16H,4-5,8,10H2,1-3H3. The van der Waals surface area contributed by atoms with Crippen LogP contribution in [0.3, 0.4) is 0 Å². The molecule has 0 spiro atoms. The fourth-order valence-corrected chi connectivity index (χ4v) is 1.57. The lowest BCUT2D eigenvalue weighted by Gasteiger charge is -2.16. The molecule has 0 fully saturated rings. The molecule has 0 amide bonds. The second kappa shape index (κ2) is 7.28. The van der Waals surface area contributed by atoms with Crippen molar-refractivity contribution in [3.63, 3.8) is 0 Å². The number of benzene rings is 1. The highest BCUT2D eigenvalue weighted by Crippen LogP contribution is 2.19. The van der Waals surface area contributed by atoms with Crippen molar-refractivity contribution >= 4 is 0 Å². The summed E-state index contributed by atoms with van der Waals surface area (Å²) in [5.41, 5.74) is 1.01. The van der Waals surface area contributed by atoms with Crippen LogP contribution in [0.4, 0.5) is 4.39 Å². The summed E-state index contributed by atoms with van der Waals surface area (Å²) in [7, 11) is 0. The topological polar surface area (TPSA) is 21.3 Å². The molecule has 1 N–H and O–H groups in total. The van der Waals surface area contributed by atoms with E-state index in [1.165, 1.54) is 12.5 Å². The van der Waals surface area contributed by atoms with Gasteiger partial charge in [-0.05, 0) is 44.5 Å². The molecule has 96 valence electrons. The summed E-state index contributed by atoms with van der Waals surface area (Å²) < 4.78 is 19.0. The van der Waals surface area contributed by atoms with E-state index in [2.05, 4.69) is 12.2 Å². The van der Waals surface area contributed by atoms with Crippen molar-refractivity contribution in [1.82, 2.24) is 5.32 Å². The second-order valence-corrected chi connectivity index (χ2v) is 4.42. The Balaban J connectivity index is 2.39. The molecule has 0 aliphatic heterocycles. The van der Waals surface area contributed by atoms with Crippen LogP contribution in [0.25, 0.3) is 0 Å². The molecule has 0 heterocycles. The van der Waals surface area contributed by atoms with Crippen molar-refractivity contribution in [2.45, 2.75) is 39.7 Å². The van der Waals surface area contributed by atoms with Gasteiger partial charge in [0, 0.05) is 6.54 Å². The van der Waals surface area contributed by atoms with Gasteiger partial charge in [-0.3, -0.25) is 0 Å². The van der Waals surface area contributed by atoms with Gasteiger partial charge in [0.25, 0.3) is 0 Å². The maximum atomic E-state index is 13.4. The minimum Gasteiger partial charge on any atom is -0.486 e. The average molecular weight is 239 g/mol. The average Bonchev–Trinajstić information content (AvgIpc) is 2.29. The minimum atomic E-state index is -0.295. The van der Waals surface area contributed by atoms with E-state index in [0.717, 1.165) is 25.1 Å². The van der Waals surface area contributed by atoms with E-state index >= 15 is 0 Å². The van der Waals surface area contributed by atoms with Crippen LogP contribution < -0.4 is 10.1 Å². The van der Waals surface area contributed by atoms with Gasteiger partial charge in [0.15, 0.2) is 11.6 Å². The first-order chi connectivity index (χ1) is 8.13. The van der Waals surface area contributed by atoms with Crippen molar-refractivity contribution < 1.29 is 9.13 Å². The SMILES string of the molecule is CCCCNCC(C)Oc1cc(C)ccc1F. The van der Waals surface area contributed by atoms with Crippen molar-refractivity contribution in [3.8, 4) is 5.75 Å². The lowest BCUT2D eigenvalue weighted by molar-refractivity contribution is 0.207. The molecule has 0 radical (unpaired) electrons. The third-order valence-electron chi connectivity index (χ3n) is 2.55. The second-order valence-electron chi connectivity index (χ2n) is 4.42. The van der Waals surface area contributed by atoms with E-state index in [-0.39, 0.29) is 11.9 Å². The molecule has 0 saturated heterocycles. The third kappa shape index (κ3) is 5.18. The van der Waals surface area contributed by atoms with Gasteiger partial charge in [-0.15, -0.1) is 0 Å². The highest BCUT2D eigenvalue weighted by atomic mass is 19.1. The van der Waals surface area contributed by atoms with Gasteiger partial charge >= 0.3 is 0 Å². The molecule has 0 bridgehead atoms. The molecular weight excluding hydrogens is 217 g/mol. The van der Waals surface area contributed by atoms with E-state index in [4.69, 9.17) is 4.74 Å². The monoisotopic (exact) mass is 239 g/mol. The third-order valence-corrected chi connectivity index (χ3v) is 2.55. The van der Waals surface area contributed by atoms with Crippen LogP contribution in [-0.4, -0.2) is 19.2 Å². The van der Waals surface area contributed by atoms with Gasteiger partial charge in [-0.1, -0.05) is 19.4 Å². The van der Waals surface area contributed by atoms with E-state index in [1.54, 1.807) is 12.1 Å². The Morgan fingerprint density at radius 2 is 2.18 bits per heavy atom. The molecule has 1 unspecified atom stereocenters. The summed E-state index contributed by atoms with van der Waals surface area (Å²) in [5, 5.41) is 3.29. The molecule has 0 aliphatic carbocycles. The van der Waals surface area contributed by atoms with E-state index in [0.29, 0.717) is 5.75 Å². The van der Waals surface area contributed by atoms with E-state index in [9.17, 15) is 4.39 Å². The first-order valence-corrected chi connectivity index (χ1v) is 6.27. The molecular formula is C14H22FNO. The first-order valence-electron chi connectivity index (χ1n) is 6.27. The molecule has 2 nitrogen and oxygen atoms in total. The largest absolute Gasteiger partial charge is 0.486 e. The number of nitrogens with one attached hydrogen (secondary N) is 1. The molecule has 1 aromatic rings. The van der Waals surface area contributed by atoms with Crippen molar-refractivity contribution in [2.24, 2.45) is 0 Å². The number of hydrogen-bond acceptors (Lipinski definition) is 2. The van der Waals surface area contributed by atoms with Crippen LogP contribution in [-0.2, 0) is 0 Å². The van der Waals surface area contributed by atoms with Crippen LogP contribution in [0.2, 0.25) is 0 Å². The fraction of sp³-hybridized carbons (Fsp3) is 0.571. The molecule has 1 aromatic carbocycles. The first kappa shape index (κ1) is 14.0. The zero-order chi connectivity index (χ0) is 12.7. The number of rotatable bonds is 7. The molecule has 3 heteroatoms. The molecule has 1 rings (SSSR count). The fourth-order valence-electron chi connectivity index (χ4n) is 1.57. The normalized spacial score (nSPS) is 12.5.